The largest absolute Gasteiger partial charge is 0.463 e. The van der Waals surface area contributed by atoms with Gasteiger partial charge in [0.05, 0.1) is 13.8 Å². The van der Waals surface area contributed by atoms with Crippen molar-refractivity contribution in [3.05, 3.63) is 22.5 Å². The highest BCUT2D eigenvalue weighted by molar-refractivity contribution is 5.65. The van der Waals surface area contributed by atoms with Gasteiger partial charge in [-0.1, -0.05) is 39.5 Å². The molecule has 4 nitrogen and oxygen atoms in total. The second-order valence-corrected chi connectivity index (χ2v) is 8.69. The van der Waals surface area contributed by atoms with Crippen LogP contribution in [-0.2, 0) is 0 Å². The van der Waals surface area contributed by atoms with Crippen LogP contribution in [-0.4, -0.2) is 44.2 Å². The van der Waals surface area contributed by atoms with E-state index in [1.54, 1.807) is 13.8 Å². The van der Waals surface area contributed by atoms with Gasteiger partial charge in [0.1, 0.15) is 0 Å². The van der Waals surface area contributed by atoms with E-state index < -0.39 is 0 Å². The Morgan fingerprint density at radius 1 is 0.500 bits per heavy atom. The van der Waals surface area contributed by atoms with Gasteiger partial charge in [0, 0.05) is 26.7 Å². The maximum absolute atomic E-state index is 9.60. The molecule has 0 atom stereocenters. The van der Waals surface area contributed by atoms with Crippen LogP contribution in [0.5, 0.6) is 0 Å². The number of hydrogen-bond acceptors (Lipinski definition) is 0. The first kappa shape index (κ1) is 30.6. The molecule has 0 unspecified atom stereocenters. The summed E-state index contributed by atoms with van der Waals surface area (Å²) in [5.74, 6) is 0.815. The van der Waals surface area contributed by atoms with E-state index in [1.807, 2.05) is 9.15 Å². The van der Waals surface area contributed by atoms with Crippen LogP contribution in [0.2, 0.25) is 0 Å². The zero-order chi connectivity index (χ0) is 23.7. The molecule has 0 aromatic heterocycles. The van der Waals surface area contributed by atoms with E-state index in [0.29, 0.717) is 11.8 Å². The van der Waals surface area contributed by atoms with Crippen molar-refractivity contribution in [2.45, 2.75) is 121 Å². The van der Waals surface area contributed by atoms with Gasteiger partial charge in [-0.05, 0) is 51.7 Å². The van der Waals surface area contributed by atoms with Gasteiger partial charge in [-0.15, -0.1) is 0 Å². The van der Waals surface area contributed by atoms with E-state index in [2.05, 4.69) is 55.4 Å². The first-order valence-electron chi connectivity index (χ1n) is 11.9. The first-order chi connectivity index (χ1) is 14.0. The molecule has 0 heterocycles. The minimum atomic E-state index is 0.408. The number of unbranched alkanes of at least 4 members (excludes halogenated alkanes) is 6. The van der Waals surface area contributed by atoms with E-state index in [4.69, 9.17) is 0 Å². The predicted molar refractivity (Wildman–Crippen MR) is 133 cm³/mol. The maximum Gasteiger partial charge on any atom is 0.336 e. The molecule has 0 aliphatic carbocycles. The number of hydrogen-bond donors (Lipinski definition) is 2. The molecule has 0 fully saturated rings. The average molecular weight is 425 g/mol. The smallest absolute Gasteiger partial charge is 0.336 e. The Kier molecular flexibility index (Phi) is 18.6. The molecule has 0 saturated heterocycles. The van der Waals surface area contributed by atoms with Crippen molar-refractivity contribution in [1.29, 1.82) is 0 Å². The highest BCUT2D eigenvalue weighted by atomic mass is 16.3. The van der Waals surface area contributed by atoms with Crippen molar-refractivity contribution in [3.8, 4) is 0 Å². The lowest BCUT2D eigenvalue weighted by molar-refractivity contribution is -0.487. The molecule has 0 aromatic rings. The van der Waals surface area contributed by atoms with Crippen LogP contribution >= 0.6 is 0 Å². The molecular formula is C26H52N2O2+2. The Labute approximate surface area is 187 Å². The average Bonchev–Trinajstić information content (AvgIpc) is 2.66. The summed E-state index contributed by atoms with van der Waals surface area (Å²) >= 11 is 0. The molecule has 0 radical (unpaired) electrons. The van der Waals surface area contributed by atoms with E-state index in [-0.39, 0.29) is 0 Å². The van der Waals surface area contributed by atoms with Crippen molar-refractivity contribution in [2.24, 2.45) is 0 Å². The summed E-state index contributed by atoms with van der Waals surface area (Å²) in [6, 6.07) is 0. The van der Waals surface area contributed by atoms with Crippen molar-refractivity contribution < 1.29 is 19.4 Å². The minimum Gasteiger partial charge on any atom is -0.463 e. The first-order valence-corrected chi connectivity index (χ1v) is 11.9. The van der Waals surface area contributed by atoms with Crippen molar-refractivity contribution in [2.75, 3.05) is 13.1 Å². The molecule has 2 N–H and O–H groups in total. The lowest BCUT2D eigenvalue weighted by atomic mass is 10.2. The summed E-state index contributed by atoms with van der Waals surface area (Å²) in [4.78, 5) is 0. The van der Waals surface area contributed by atoms with Gasteiger partial charge in [0.2, 0.25) is 0 Å². The summed E-state index contributed by atoms with van der Waals surface area (Å²) in [7, 11) is 0. The molecule has 0 bridgehead atoms. The fourth-order valence-corrected chi connectivity index (χ4v) is 3.08. The third-order valence-corrected chi connectivity index (χ3v) is 5.51. The van der Waals surface area contributed by atoms with Crippen molar-refractivity contribution in [1.82, 2.24) is 0 Å². The molecule has 0 rings (SSSR count). The molecule has 0 spiro atoms. The Morgan fingerprint density at radius 2 is 0.800 bits per heavy atom. The number of aliphatic hydroxyl groups is 2. The Hall–Kier alpha value is -1.58. The standard InChI is InChI=1S/2C13H25NO/c2*1-6-7-8-9-10-14(13(5)15)12(4)11(2)3/h2*6-10H2,1-5H3/p+2. The second kappa shape index (κ2) is 18.2. The molecule has 0 aromatic carbocycles. The van der Waals surface area contributed by atoms with Gasteiger partial charge >= 0.3 is 11.8 Å². The molecule has 0 aliphatic rings. The molecule has 0 saturated carbocycles. The maximum atomic E-state index is 9.60. The van der Waals surface area contributed by atoms with Gasteiger partial charge in [0.15, 0.2) is 24.5 Å². The van der Waals surface area contributed by atoms with Crippen LogP contribution in [0.15, 0.2) is 22.5 Å². The number of allylic oxidation sites excluding steroid dienone is 4. The Bertz CT molecular complexity index is 541. The van der Waals surface area contributed by atoms with Gasteiger partial charge in [0.25, 0.3) is 0 Å². The third kappa shape index (κ3) is 14.4. The van der Waals surface area contributed by atoms with Crippen LogP contribution in [0, 0.1) is 0 Å². The van der Waals surface area contributed by atoms with E-state index in [9.17, 15) is 10.2 Å². The van der Waals surface area contributed by atoms with Gasteiger partial charge < -0.3 is 10.2 Å². The van der Waals surface area contributed by atoms with Crippen LogP contribution < -0.4 is 0 Å². The van der Waals surface area contributed by atoms with Crippen LogP contribution in [0.4, 0.5) is 0 Å². The topological polar surface area (TPSA) is 46.5 Å². The number of nitrogens with zero attached hydrogens (tertiary/aromatic N) is 2. The zero-order valence-corrected chi connectivity index (χ0v) is 21.9. The van der Waals surface area contributed by atoms with E-state index in [1.165, 1.54) is 61.1 Å². The van der Waals surface area contributed by atoms with Crippen molar-refractivity contribution >= 4 is 11.8 Å². The molecule has 4 heteroatoms. The van der Waals surface area contributed by atoms with Crippen molar-refractivity contribution in [3.63, 3.8) is 0 Å². The Morgan fingerprint density at radius 3 is 1.00 bits per heavy atom. The predicted octanol–water partition coefficient (Wildman–Crippen LogP) is 7.74. The van der Waals surface area contributed by atoms with Gasteiger partial charge in [-0.25, -0.2) is 0 Å². The van der Waals surface area contributed by atoms with Crippen LogP contribution in [0.3, 0.4) is 0 Å². The van der Waals surface area contributed by atoms with Crippen LogP contribution in [0.25, 0.3) is 0 Å². The second-order valence-electron chi connectivity index (χ2n) is 8.69. The third-order valence-electron chi connectivity index (χ3n) is 5.51. The number of aliphatic hydroxyl groups excluding tert-OH is 2. The summed E-state index contributed by atoms with van der Waals surface area (Å²) in [6.45, 7) is 22.2. The molecule has 0 amide bonds. The van der Waals surface area contributed by atoms with E-state index in [0.717, 1.165) is 25.9 Å². The zero-order valence-electron chi connectivity index (χ0n) is 21.9. The Balaban J connectivity index is 0. The molecule has 30 heavy (non-hydrogen) atoms. The van der Waals surface area contributed by atoms with E-state index >= 15 is 0 Å². The molecule has 0 aliphatic heterocycles. The lowest BCUT2D eigenvalue weighted by Gasteiger charge is -2.05. The van der Waals surface area contributed by atoms with Gasteiger partial charge in [-0.2, -0.15) is 9.15 Å². The van der Waals surface area contributed by atoms with Gasteiger partial charge in [-0.3, -0.25) is 0 Å². The fourth-order valence-electron chi connectivity index (χ4n) is 3.08. The quantitative estimate of drug-likeness (QED) is 0.146. The lowest BCUT2D eigenvalue weighted by Crippen LogP contribution is -2.19. The summed E-state index contributed by atoms with van der Waals surface area (Å²) < 4.78 is 4.01. The molecule has 176 valence electrons. The highest BCUT2D eigenvalue weighted by Crippen LogP contribution is 2.08. The monoisotopic (exact) mass is 424 g/mol. The normalized spacial score (nSPS) is 12.3. The summed E-state index contributed by atoms with van der Waals surface area (Å²) in [5.41, 5.74) is 4.87. The number of rotatable bonds is 12. The summed E-state index contributed by atoms with van der Waals surface area (Å²) in [5, 5.41) is 19.2. The SMILES string of the molecule is CCCCCC[N+](C(C)=C(C)C)=C(C)O.CCCCCC[N+](C(C)=C(C)C)=C(C)O. The molecular weight excluding hydrogens is 372 g/mol. The highest BCUT2D eigenvalue weighted by Gasteiger charge is 2.14. The fraction of sp³-hybridized carbons (Fsp3) is 0.769. The van der Waals surface area contributed by atoms with Crippen LogP contribution in [0.1, 0.15) is 121 Å². The summed E-state index contributed by atoms with van der Waals surface area (Å²) in [6.07, 6.45) is 9.87. The minimum absolute atomic E-state index is 0.408.